The molecule has 0 bridgehead atoms. The molecule has 3 rings (SSSR count). The molecule has 1 N–H and O–H groups in total. The van der Waals surface area contributed by atoms with Gasteiger partial charge in [-0.2, -0.15) is 4.28 Å². The molecule has 4 nitrogen and oxygen atoms in total. The van der Waals surface area contributed by atoms with E-state index in [1.807, 2.05) is 6.07 Å². The predicted octanol–water partition coefficient (Wildman–Crippen LogP) is 2.67. The Hall–Kier alpha value is -1.72. The third kappa shape index (κ3) is 3.00. The van der Waals surface area contributed by atoms with E-state index in [4.69, 9.17) is 0 Å². The number of nitrogens with one attached hydrogen (secondary N) is 1. The predicted molar refractivity (Wildman–Crippen MR) is 76.7 cm³/mol. The van der Waals surface area contributed by atoms with E-state index in [-0.39, 0.29) is 0 Å². The van der Waals surface area contributed by atoms with Crippen LogP contribution in [0.5, 0.6) is 0 Å². The molecule has 0 fully saturated rings. The fourth-order valence-electron chi connectivity index (χ4n) is 2.16. The van der Waals surface area contributed by atoms with Gasteiger partial charge < -0.3 is 0 Å². The molecule has 0 aliphatic carbocycles. The Morgan fingerprint density at radius 3 is 2.74 bits per heavy atom. The van der Waals surface area contributed by atoms with Gasteiger partial charge in [-0.15, -0.1) is 4.40 Å². The number of hydroxylamine groups is 1. The Balaban J connectivity index is 1.62. The number of nitrogens with zero attached hydrogens (tertiary/aromatic N) is 1. The maximum atomic E-state index is 10.9. The fourth-order valence-corrected chi connectivity index (χ4v) is 2.68. The Morgan fingerprint density at radius 1 is 1.11 bits per heavy atom. The highest BCUT2D eigenvalue weighted by Gasteiger charge is 2.12. The fraction of sp³-hybridized carbons (Fsp3) is 0.214. The van der Waals surface area contributed by atoms with E-state index in [0.717, 1.165) is 19.3 Å². The highest BCUT2D eigenvalue weighted by Crippen LogP contribution is 2.17. The minimum Gasteiger partial charge on any atom is -0.235 e. The van der Waals surface area contributed by atoms with Crippen molar-refractivity contribution < 1.29 is 8.49 Å². The van der Waals surface area contributed by atoms with Crippen LogP contribution < -0.4 is 5.48 Å². The van der Waals surface area contributed by atoms with Crippen LogP contribution in [0.25, 0.3) is 10.8 Å². The molecule has 2 aromatic carbocycles. The number of benzene rings is 2. The van der Waals surface area contributed by atoms with E-state index in [9.17, 15) is 4.21 Å². The van der Waals surface area contributed by atoms with Gasteiger partial charge in [0.25, 0.3) is 0 Å². The second kappa shape index (κ2) is 5.50. The van der Waals surface area contributed by atoms with E-state index in [2.05, 4.69) is 50.6 Å². The molecule has 1 aliphatic rings. The van der Waals surface area contributed by atoms with Crippen LogP contribution in [0.4, 0.5) is 0 Å². The summed E-state index contributed by atoms with van der Waals surface area (Å²) < 4.78 is 19.3. The molecule has 0 aromatic heterocycles. The number of fused-ring (bicyclic) bond motifs is 1. The lowest BCUT2D eigenvalue weighted by Gasteiger charge is -2.04. The Bertz CT molecular complexity index is 655. The molecule has 2 aromatic rings. The Labute approximate surface area is 114 Å². The van der Waals surface area contributed by atoms with Crippen molar-refractivity contribution in [3.8, 4) is 0 Å². The molecule has 0 saturated carbocycles. The van der Waals surface area contributed by atoms with Crippen LogP contribution in [-0.2, 0) is 22.0 Å². The first-order valence-electron chi connectivity index (χ1n) is 6.22. The van der Waals surface area contributed by atoms with Crippen molar-refractivity contribution >= 4 is 27.9 Å². The lowest BCUT2D eigenvalue weighted by Crippen LogP contribution is -2.16. The zero-order valence-electron chi connectivity index (χ0n) is 10.3. The van der Waals surface area contributed by atoms with Gasteiger partial charge >= 0.3 is 11.3 Å². The lowest BCUT2D eigenvalue weighted by molar-refractivity contribution is 0.302. The van der Waals surface area contributed by atoms with Gasteiger partial charge in [-0.1, -0.05) is 42.5 Å². The van der Waals surface area contributed by atoms with Gasteiger partial charge in [0.05, 0.1) is 0 Å². The molecule has 1 unspecified atom stereocenters. The summed E-state index contributed by atoms with van der Waals surface area (Å²) in [7, 11) is 0. The van der Waals surface area contributed by atoms with Crippen molar-refractivity contribution in [3.63, 3.8) is 0 Å². The van der Waals surface area contributed by atoms with E-state index < -0.39 is 11.3 Å². The van der Waals surface area contributed by atoms with E-state index in [1.54, 1.807) is 0 Å². The van der Waals surface area contributed by atoms with Crippen LogP contribution in [0, 0.1) is 0 Å². The first kappa shape index (κ1) is 12.3. The van der Waals surface area contributed by atoms with Gasteiger partial charge in [0.1, 0.15) is 5.84 Å². The van der Waals surface area contributed by atoms with Gasteiger partial charge in [0.2, 0.25) is 0 Å². The summed E-state index contributed by atoms with van der Waals surface area (Å²) >= 11 is -1.54. The Kier molecular flexibility index (Phi) is 3.57. The van der Waals surface area contributed by atoms with Crippen molar-refractivity contribution in [1.29, 1.82) is 0 Å². The summed E-state index contributed by atoms with van der Waals surface area (Å²) in [4.78, 5) is 0. The van der Waals surface area contributed by atoms with Gasteiger partial charge in [-0.05, 0) is 29.2 Å². The third-order valence-corrected chi connectivity index (χ3v) is 3.70. The number of aryl methyl sites for hydroxylation is 1. The van der Waals surface area contributed by atoms with Crippen molar-refractivity contribution in [2.45, 2.75) is 19.3 Å². The average Bonchev–Trinajstić information content (AvgIpc) is 2.84. The second-order valence-corrected chi connectivity index (χ2v) is 5.26. The maximum Gasteiger partial charge on any atom is 0.309 e. The molecule has 5 heteroatoms. The first-order valence-corrected chi connectivity index (χ1v) is 7.25. The average molecular weight is 274 g/mol. The molecule has 98 valence electrons. The number of rotatable bonds is 4. The van der Waals surface area contributed by atoms with Crippen LogP contribution >= 0.6 is 0 Å². The van der Waals surface area contributed by atoms with Crippen molar-refractivity contribution in [3.05, 3.63) is 48.0 Å². The summed E-state index contributed by atoms with van der Waals surface area (Å²) in [6.45, 7) is 0. The summed E-state index contributed by atoms with van der Waals surface area (Å²) in [5.74, 6) is 0.666. The highest BCUT2D eigenvalue weighted by molar-refractivity contribution is 7.79. The minimum absolute atomic E-state index is 0.666. The third-order valence-electron chi connectivity index (χ3n) is 3.11. The van der Waals surface area contributed by atoms with Gasteiger partial charge in [0, 0.05) is 6.42 Å². The van der Waals surface area contributed by atoms with Crippen LogP contribution in [-0.4, -0.2) is 10.0 Å². The van der Waals surface area contributed by atoms with Crippen LogP contribution in [0.1, 0.15) is 18.4 Å². The topological polar surface area (TPSA) is 50.7 Å². The molecule has 0 radical (unpaired) electrons. The minimum atomic E-state index is -1.54. The molecule has 1 atom stereocenters. The highest BCUT2D eigenvalue weighted by atomic mass is 32.2. The Morgan fingerprint density at radius 2 is 1.95 bits per heavy atom. The van der Waals surface area contributed by atoms with E-state index >= 15 is 0 Å². The molecular formula is C14H14N2O2S. The summed E-state index contributed by atoms with van der Waals surface area (Å²) in [5, 5.41) is 2.53. The quantitative estimate of drug-likeness (QED) is 0.932. The largest absolute Gasteiger partial charge is 0.309 e. The van der Waals surface area contributed by atoms with Crippen LogP contribution in [0.2, 0.25) is 0 Å². The van der Waals surface area contributed by atoms with Crippen molar-refractivity contribution in [2.24, 2.45) is 4.40 Å². The van der Waals surface area contributed by atoms with Crippen LogP contribution in [0.3, 0.4) is 0 Å². The normalized spacial score (nSPS) is 18.3. The summed E-state index contributed by atoms with van der Waals surface area (Å²) in [6.07, 6.45) is 2.67. The van der Waals surface area contributed by atoms with E-state index in [0.29, 0.717) is 5.84 Å². The second-order valence-electron chi connectivity index (χ2n) is 4.48. The molecule has 19 heavy (non-hydrogen) atoms. The number of hydrogen-bond donors (Lipinski definition) is 1. The molecule has 1 heterocycles. The number of amidine groups is 1. The molecule has 0 saturated heterocycles. The standard InChI is InChI=1S/C14H14N2O2S/c17-19-16-14(15-18-19)7-3-4-11-8-9-12-5-1-2-6-13(12)10-11/h1-2,5-6,8-10H,3-4,7H2,(H,15,16). The monoisotopic (exact) mass is 274 g/mol. The lowest BCUT2D eigenvalue weighted by atomic mass is 10.0. The van der Waals surface area contributed by atoms with Gasteiger partial charge in [-0.25, -0.2) is 9.69 Å². The van der Waals surface area contributed by atoms with Crippen LogP contribution in [0.15, 0.2) is 46.9 Å². The van der Waals surface area contributed by atoms with Crippen molar-refractivity contribution in [2.75, 3.05) is 0 Å². The number of hydrogen-bond acceptors (Lipinski definition) is 3. The molecule has 0 spiro atoms. The van der Waals surface area contributed by atoms with Gasteiger partial charge in [0.15, 0.2) is 0 Å². The van der Waals surface area contributed by atoms with Gasteiger partial charge in [-0.3, -0.25) is 0 Å². The zero-order valence-corrected chi connectivity index (χ0v) is 11.2. The summed E-state index contributed by atoms with van der Waals surface area (Å²) in [5.41, 5.74) is 3.88. The maximum absolute atomic E-state index is 10.9. The molecule has 0 amide bonds. The zero-order chi connectivity index (χ0) is 13.1. The molecule has 1 aliphatic heterocycles. The smallest absolute Gasteiger partial charge is 0.235 e. The first-order chi connectivity index (χ1) is 9.31. The summed E-state index contributed by atoms with van der Waals surface area (Å²) in [6, 6.07) is 14.9. The van der Waals surface area contributed by atoms with Crippen molar-refractivity contribution in [1.82, 2.24) is 5.48 Å². The van der Waals surface area contributed by atoms with E-state index in [1.165, 1.54) is 16.3 Å². The SMILES string of the molecule is O=S1N=C(CCCc2ccc3ccccc3c2)NO1. The molecular weight excluding hydrogens is 260 g/mol.